The van der Waals surface area contributed by atoms with Gasteiger partial charge in [0, 0.05) is 48.3 Å². The van der Waals surface area contributed by atoms with Crippen molar-refractivity contribution in [1.82, 2.24) is 10.6 Å². The highest BCUT2D eigenvalue weighted by Gasteiger charge is 2.16. The summed E-state index contributed by atoms with van der Waals surface area (Å²) in [5, 5.41) is 8.95. The van der Waals surface area contributed by atoms with Crippen LogP contribution in [0.15, 0.2) is 24.3 Å². The molecule has 1 unspecified atom stereocenters. The Morgan fingerprint density at radius 1 is 1.32 bits per heavy atom. The van der Waals surface area contributed by atoms with Crippen molar-refractivity contribution < 1.29 is 9.59 Å². The first-order valence-corrected chi connectivity index (χ1v) is 8.33. The Labute approximate surface area is 141 Å². The van der Waals surface area contributed by atoms with E-state index in [1.165, 1.54) is 0 Å². The number of anilines is 1. The number of nitrogens with one attached hydrogen (secondary N) is 3. The molecule has 1 aromatic carbocycles. The fraction of sp³-hybridized carbons (Fsp3) is 0.467. The maximum atomic E-state index is 12.0. The third kappa shape index (κ3) is 5.87. The zero-order valence-corrected chi connectivity index (χ0v) is 14.2. The maximum absolute atomic E-state index is 12.0. The van der Waals surface area contributed by atoms with Gasteiger partial charge < -0.3 is 16.0 Å². The number of rotatable bonds is 5. The predicted molar refractivity (Wildman–Crippen MR) is 94.1 cm³/mol. The number of halogens is 1. The lowest BCUT2D eigenvalue weighted by atomic mass is 10.1. The van der Waals surface area contributed by atoms with Gasteiger partial charge in [-0.15, -0.1) is 12.4 Å². The molecular formula is C15H22ClN3O2S. The van der Waals surface area contributed by atoms with Gasteiger partial charge in [0.15, 0.2) is 0 Å². The van der Waals surface area contributed by atoms with Crippen LogP contribution in [0.3, 0.4) is 0 Å². The van der Waals surface area contributed by atoms with E-state index in [-0.39, 0.29) is 30.3 Å². The van der Waals surface area contributed by atoms with Gasteiger partial charge in [-0.3, -0.25) is 9.59 Å². The standard InChI is InChI=1S/C15H21N3O2S.ClH/c1-2-16-15(20)11-3-5-12(6-4-11)18-14(19)9-13-10-21-8-7-17-13;/h3-6,13,17H,2,7-10H2,1H3,(H,16,20)(H,18,19);1H. The molecule has 1 aliphatic heterocycles. The van der Waals surface area contributed by atoms with Crippen molar-refractivity contribution in [2.45, 2.75) is 19.4 Å². The topological polar surface area (TPSA) is 70.2 Å². The van der Waals surface area contributed by atoms with Crippen molar-refractivity contribution in [3.63, 3.8) is 0 Å². The van der Waals surface area contributed by atoms with Crippen LogP contribution in [0.1, 0.15) is 23.7 Å². The highest BCUT2D eigenvalue weighted by atomic mass is 35.5. The molecule has 0 saturated carbocycles. The molecule has 1 aliphatic rings. The Bertz CT molecular complexity index is 490. The van der Waals surface area contributed by atoms with Crippen molar-refractivity contribution in [3.05, 3.63) is 29.8 Å². The van der Waals surface area contributed by atoms with Crippen LogP contribution in [0.4, 0.5) is 5.69 Å². The molecule has 22 heavy (non-hydrogen) atoms. The summed E-state index contributed by atoms with van der Waals surface area (Å²) in [5.74, 6) is 1.99. The Kier molecular flexibility index (Phi) is 8.30. The molecule has 0 radical (unpaired) electrons. The molecule has 2 rings (SSSR count). The molecule has 1 atom stereocenters. The van der Waals surface area contributed by atoms with Crippen LogP contribution >= 0.6 is 24.2 Å². The number of hydrogen-bond acceptors (Lipinski definition) is 4. The zero-order chi connectivity index (χ0) is 15.1. The highest BCUT2D eigenvalue weighted by Crippen LogP contribution is 2.13. The van der Waals surface area contributed by atoms with E-state index >= 15 is 0 Å². The second-order valence-electron chi connectivity index (χ2n) is 4.92. The average molecular weight is 344 g/mol. The molecule has 1 aromatic rings. The monoisotopic (exact) mass is 343 g/mol. The first-order valence-electron chi connectivity index (χ1n) is 7.18. The molecule has 7 heteroatoms. The second-order valence-corrected chi connectivity index (χ2v) is 6.06. The van der Waals surface area contributed by atoms with E-state index in [0.717, 1.165) is 23.7 Å². The SMILES string of the molecule is CCNC(=O)c1ccc(NC(=O)CC2CSCCN2)cc1.Cl. The molecule has 0 aliphatic carbocycles. The third-order valence-electron chi connectivity index (χ3n) is 3.20. The van der Waals surface area contributed by atoms with E-state index in [1.807, 2.05) is 18.7 Å². The number of thioether (sulfide) groups is 1. The highest BCUT2D eigenvalue weighted by molar-refractivity contribution is 7.99. The molecule has 0 spiro atoms. The Morgan fingerprint density at radius 3 is 2.64 bits per heavy atom. The van der Waals surface area contributed by atoms with Crippen LogP contribution in [-0.2, 0) is 4.79 Å². The maximum Gasteiger partial charge on any atom is 0.251 e. The fourth-order valence-electron chi connectivity index (χ4n) is 2.15. The summed E-state index contributed by atoms with van der Waals surface area (Å²) in [6.45, 7) is 3.44. The van der Waals surface area contributed by atoms with Gasteiger partial charge in [-0.25, -0.2) is 0 Å². The van der Waals surface area contributed by atoms with Gasteiger partial charge in [-0.1, -0.05) is 0 Å². The molecule has 0 aromatic heterocycles. The minimum absolute atomic E-state index is 0. The third-order valence-corrected chi connectivity index (χ3v) is 4.33. The summed E-state index contributed by atoms with van der Waals surface area (Å²) in [4.78, 5) is 23.6. The van der Waals surface area contributed by atoms with E-state index < -0.39 is 0 Å². The van der Waals surface area contributed by atoms with Gasteiger partial charge >= 0.3 is 0 Å². The van der Waals surface area contributed by atoms with Gasteiger partial charge in [0.2, 0.25) is 5.91 Å². The molecule has 3 N–H and O–H groups in total. The van der Waals surface area contributed by atoms with E-state index in [2.05, 4.69) is 16.0 Å². The first kappa shape index (κ1) is 18.8. The number of hydrogen-bond donors (Lipinski definition) is 3. The predicted octanol–water partition coefficient (Wildman–Crippen LogP) is 1.89. The zero-order valence-electron chi connectivity index (χ0n) is 12.6. The smallest absolute Gasteiger partial charge is 0.251 e. The van der Waals surface area contributed by atoms with Gasteiger partial charge in [-0.2, -0.15) is 11.8 Å². The summed E-state index contributed by atoms with van der Waals surface area (Å²) in [6, 6.07) is 7.19. The fourth-order valence-corrected chi connectivity index (χ4v) is 3.10. The van der Waals surface area contributed by atoms with Crippen LogP contribution in [0.5, 0.6) is 0 Å². The van der Waals surface area contributed by atoms with Crippen LogP contribution < -0.4 is 16.0 Å². The number of benzene rings is 1. The van der Waals surface area contributed by atoms with Crippen molar-refractivity contribution >= 4 is 41.7 Å². The molecular weight excluding hydrogens is 322 g/mol. The lowest BCUT2D eigenvalue weighted by molar-refractivity contribution is -0.116. The molecule has 1 fully saturated rings. The molecule has 122 valence electrons. The second kappa shape index (κ2) is 9.71. The molecule has 0 bridgehead atoms. The Morgan fingerprint density at radius 2 is 2.05 bits per heavy atom. The summed E-state index contributed by atoms with van der Waals surface area (Å²) in [6.07, 6.45) is 0.477. The normalized spacial score (nSPS) is 17.2. The lowest BCUT2D eigenvalue weighted by Gasteiger charge is -2.22. The lowest BCUT2D eigenvalue weighted by Crippen LogP contribution is -2.39. The summed E-state index contributed by atoms with van der Waals surface area (Å²) < 4.78 is 0. The van der Waals surface area contributed by atoms with E-state index in [1.54, 1.807) is 24.3 Å². The molecule has 1 saturated heterocycles. The van der Waals surface area contributed by atoms with Crippen molar-refractivity contribution in [2.24, 2.45) is 0 Å². The molecule has 2 amide bonds. The van der Waals surface area contributed by atoms with Crippen LogP contribution in [0, 0.1) is 0 Å². The Hall–Kier alpha value is -1.24. The van der Waals surface area contributed by atoms with Crippen molar-refractivity contribution in [2.75, 3.05) is 29.9 Å². The van der Waals surface area contributed by atoms with Crippen molar-refractivity contribution in [1.29, 1.82) is 0 Å². The van der Waals surface area contributed by atoms with E-state index in [0.29, 0.717) is 18.5 Å². The Balaban J connectivity index is 0.00000242. The van der Waals surface area contributed by atoms with Gasteiger partial charge in [0.25, 0.3) is 5.91 Å². The van der Waals surface area contributed by atoms with Crippen LogP contribution in [0.2, 0.25) is 0 Å². The number of carbonyl (C=O) groups is 2. The van der Waals surface area contributed by atoms with Crippen molar-refractivity contribution in [3.8, 4) is 0 Å². The number of amides is 2. The minimum atomic E-state index is -0.0983. The quantitative estimate of drug-likeness (QED) is 0.763. The van der Waals surface area contributed by atoms with Crippen LogP contribution in [-0.4, -0.2) is 42.5 Å². The molecule has 5 nitrogen and oxygen atoms in total. The number of carbonyl (C=O) groups excluding carboxylic acids is 2. The van der Waals surface area contributed by atoms with Gasteiger partial charge in [-0.05, 0) is 31.2 Å². The minimum Gasteiger partial charge on any atom is -0.352 e. The largest absolute Gasteiger partial charge is 0.352 e. The average Bonchev–Trinajstić information content (AvgIpc) is 2.49. The summed E-state index contributed by atoms with van der Waals surface area (Å²) in [7, 11) is 0. The van der Waals surface area contributed by atoms with Gasteiger partial charge in [0.05, 0.1) is 0 Å². The van der Waals surface area contributed by atoms with Gasteiger partial charge in [0.1, 0.15) is 0 Å². The first-order chi connectivity index (χ1) is 10.2. The summed E-state index contributed by atoms with van der Waals surface area (Å²) >= 11 is 1.87. The summed E-state index contributed by atoms with van der Waals surface area (Å²) in [5.41, 5.74) is 1.32. The molecule has 1 heterocycles. The van der Waals surface area contributed by atoms with E-state index in [9.17, 15) is 9.59 Å². The van der Waals surface area contributed by atoms with E-state index in [4.69, 9.17) is 0 Å². The van der Waals surface area contributed by atoms with Crippen LogP contribution in [0.25, 0.3) is 0 Å².